The van der Waals surface area contributed by atoms with Crippen LogP contribution in [0.3, 0.4) is 0 Å². The van der Waals surface area contributed by atoms with E-state index in [2.05, 4.69) is 15.5 Å². The maximum absolute atomic E-state index is 13.5. The van der Waals surface area contributed by atoms with Crippen LogP contribution in [0.1, 0.15) is 35.8 Å². The van der Waals surface area contributed by atoms with Gasteiger partial charge in [-0.3, -0.25) is 14.5 Å². The average Bonchev–Trinajstić information content (AvgIpc) is 2.84. The highest BCUT2D eigenvalue weighted by molar-refractivity contribution is 5.97. The summed E-state index contributed by atoms with van der Waals surface area (Å²) < 4.78 is 24.0. The largest absolute Gasteiger partial charge is 0.497 e. The lowest BCUT2D eigenvalue weighted by Gasteiger charge is -2.35. The first-order valence-electron chi connectivity index (χ1n) is 11.2. The lowest BCUT2D eigenvalue weighted by molar-refractivity contribution is -0.124. The fraction of sp³-hybridized carbons (Fsp3) is 0.440. The molecule has 1 heterocycles. The highest BCUT2D eigenvalue weighted by atomic mass is 19.1. The quantitative estimate of drug-likeness (QED) is 0.605. The molecule has 0 unspecified atom stereocenters. The lowest BCUT2D eigenvalue weighted by atomic mass is 10.0. The Labute approximate surface area is 194 Å². The van der Waals surface area contributed by atoms with Gasteiger partial charge in [-0.05, 0) is 47.9 Å². The van der Waals surface area contributed by atoms with Crippen LogP contribution in [-0.4, -0.2) is 62.7 Å². The monoisotopic (exact) mass is 457 g/mol. The molecule has 0 radical (unpaired) electrons. The Balaban J connectivity index is 1.68. The first kappa shape index (κ1) is 24.7. The van der Waals surface area contributed by atoms with E-state index >= 15 is 0 Å². The summed E-state index contributed by atoms with van der Waals surface area (Å²) in [4.78, 5) is 28.0. The Morgan fingerprint density at radius 3 is 2.27 bits per heavy atom. The average molecular weight is 458 g/mol. The minimum absolute atomic E-state index is 0.111. The van der Waals surface area contributed by atoms with E-state index in [1.807, 2.05) is 13.8 Å². The van der Waals surface area contributed by atoms with Crippen LogP contribution in [-0.2, 0) is 9.53 Å². The number of hydrogen-bond donors (Lipinski definition) is 2. The smallest absolute Gasteiger partial charge is 0.251 e. The van der Waals surface area contributed by atoms with Crippen LogP contribution in [0.25, 0.3) is 0 Å². The zero-order valence-electron chi connectivity index (χ0n) is 19.3. The second-order valence-electron chi connectivity index (χ2n) is 8.38. The van der Waals surface area contributed by atoms with E-state index in [0.717, 1.165) is 18.7 Å². The molecule has 0 bridgehead atoms. The van der Waals surface area contributed by atoms with Crippen LogP contribution in [0.5, 0.6) is 5.75 Å². The van der Waals surface area contributed by atoms with E-state index < -0.39 is 6.04 Å². The van der Waals surface area contributed by atoms with Crippen molar-refractivity contribution in [1.82, 2.24) is 15.5 Å². The highest BCUT2D eigenvalue weighted by Crippen LogP contribution is 2.22. The molecule has 2 aromatic rings. The maximum atomic E-state index is 13.5. The fourth-order valence-corrected chi connectivity index (χ4v) is 3.84. The normalized spacial score (nSPS) is 16.2. The summed E-state index contributed by atoms with van der Waals surface area (Å²) in [6, 6.07) is 12.2. The number of hydrogen-bond acceptors (Lipinski definition) is 5. The summed E-state index contributed by atoms with van der Waals surface area (Å²) in [6.07, 6.45) is 0. The van der Waals surface area contributed by atoms with Gasteiger partial charge in [0.15, 0.2) is 0 Å². The van der Waals surface area contributed by atoms with Crippen molar-refractivity contribution < 1.29 is 23.5 Å². The number of ether oxygens (including phenoxy) is 2. The molecule has 33 heavy (non-hydrogen) atoms. The van der Waals surface area contributed by atoms with Gasteiger partial charge in [-0.2, -0.15) is 0 Å². The van der Waals surface area contributed by atoms with Crippen molar-refractivity contribution >= 4 is 11.8 Å². The molecule has 2 amide bonds. The summed E-state index contributed by atoms with van der Waals surface area (Å²) in [5.74, 6) is -0.342. The van der Waals surface area contributed by atoms with Gasteiger partial charge in [-0.15, -0.1) is 0 Å². The van der Waals surface area contributed by atoms with Crippen molar-refractivity contribution in [2.45, 2.75) is 25.9 Å². The van der Waals surface area contributed by atoms with Crippen LogP contribution >= 0.6 is 0 Å². The fourth-order valence-electron chi connectivity index (χ4n) is 3.84. The van der Waals surface area contributed by atoms with Crippen molar-refractivity contribution in [3.8, 4) is 5.75 Å². The van der Waals surface area contributed by atoms with E-state index in [9.17, 15) is 14.0 Å². The Bertz CT molecular complexity index is 912. The summed E-state index contributed by atoms with van der Waals surface area (Å²) in [5.41, 5.74) is 1.37. The number of morpholine rings is 1. The highest BCUT2D eigenvalue weighted by Gasteiger charge is 2.28. The molecule has 1 aliphatic heterocycles. The van der Waals surface area contributed by atoms with Crippen molar-refractivity contribution in [1.29, 1.82) is 0 Å². The number of halogens is 1. The van der Waals surface area contributed by atoms with Gasteiger partial charge in [0.1, 0.15) is 17.6 Å². The van der Waals surface area contributed by atoms with Crippen LogP contribution < -0.4 is 15.4 Å². The van der Waals surface area contributed by atoms with Crippen LogP contribution in [0.4, 0.5) is 4.39 Å². The molecule has 7 nitrogen and oxygen atoms in total. The molecular weight excluding hydrogens is 425 g/mol. The van der Waals surface area contributed by atoms with Gasteiger partial charge in [0, 0.05) is 25.2 Å². The van der Waals surface area contributed by atoms with Gasteiger partial charge in [-0.1, -0.05) is 26.0 Å². The van der Waals surface area contributed by atoms with E-state index in [-0.39, 0.29) is 29.6 Å². The minimum atomic E-state index is -0.696. The predicted octanol–water partition coefficient (Wildman–Crippen LogP) is 2.78. The van der Waals surface area contributed by atoms with Crippen molar-refractivity contribution in [3.63, 3.8) is 0 Å². The van der Waals surface area contributed by atoms with E-state index in [0.29, 0.717) is 31.1 Å². The molecule has 1 fully saturated rings. The van der Waals surface area contributed by atoms with Crippen molar-refractivity contribution in [3.05, 3.63) is 65.5 Å². The zero-order chi connectivity index (χ0) is 23.8. The molecular formula is C25H32FN3O4. The summed E-state index contributed by atoms with van der Waals surface area (Å²) in [7, 11) is 1.56. The SMILES string of the molecule is COc1ccc(C(=O)N[C@H](C(=O)NC[C@@H](c2ccc(F)cc2)N2CCOCC2)C(C)C)cc1. The number of carbonyl (C=O) groups is 2. The molecule has 0 aliphatic carbocycles. The number of carbonyl (C=O) groups excluding carboxylic acids is 2. The first-order valence-corrected chi connectivity index (χ1v) is 11.2. The van der Waals surface area contributed by atoms with Crippen LogP contribution in [0.15, 0.2) is 48.5 Å². The van der Waals surface area contributed by atoms with Gasteiger partial charge < -0.3 is 20.1 Å². The van der Waals surface area contributed by atoms with Crippen LogP contribution in [0.2, 0.25) is 0 Å². The molecule has 2 N–H and O–H groups in total. The Morgan fingerprint density at radius 2 is 1.70 bits per heavy atom. The third-order valence-corrected chi connectivity index (χ3v) is 5.80. The van der Waals surface area contributed by atoms with Gasteiger partial charge in [0.25, 0.3) is 5.91 Å². The summed E-state index contributed by atoms with van der Waals surface area (Å²) in [6.45, 7) is 6.78. The third-order valence-electron chi connectivity index (χ3n) is 5.80. The molecule has 0 aromatic heterocycles. The first-order chi connectivity index (χ1) is 15.9. The zero-order valence-corrected chi connectivity index (χ0v) is 19.3. The second kappa shape index (κ2) is 11.8. The number of amides is 2. The number of nitrogens with one attached hydrogen (secondary N) is 2. The Hall–Kier alpha value is -2.97. The topological polar surface area (TPSA) is 79.9 Å². The van der Waals surface area contributed by atoms with E-state index in [4.69, 9.17) is 9.47 Å². The van der Waals surface area contributed by atoms with Gasteiger partial charge in [0.05, 0.1) is 26.4 Å². The molecule has 178 valence electrons. The lowest BCUT2D eigenvalue weighted by Crippen LogP contribution is -2.52. The Morgan fingerprint density at radius 1 is 1.06 bits per heavy atom. The second-order valence-corrected chi connectivity index (χ2v) is 8.38. The summed E-state index contributed by atoms with van der Waals surface area (Å²) in [5, 5.41) is 5.85. The minimum Gasteiger partial charge on any atom is -0.497 e. The van der Waals surface area contributed by atoms with Crippen molar-refractivity contribution in [2.24, 2.45) is 5.92 Å². The number of methoxy groups -OCH3 is 1. The molecule has 2 atom stereocenters. The van der Waals surface area contributed by atoms with Gasteiger partial charge in [-0.25, -0.2) is 4.39 Å². The molecule has 8 heteroatoms. The van der Waals surface area contributed by atoms with E-state index in [1.165, 1.54) is 12.1 Å². The molecule has 3 rings (SSSR count). The van der Waals surface area contributed by atoms with E-state index in [1.54, 1.807) is 43.5 Å². The standard InChI is InChI=1S/C25H32FN3O4/c1-17(2)23(28-24(30)19-6-10-21(32-3)11-7-19)25(31)27-16-22(29-12-14-33-15-13-29)18-4-8-20(26)9-5-18/h4-11,17,22-23H,12-16H2,1-3H3,(H,27,31)(H,28,30)/t22-,23-/m0/s1. The van der Waals surface area contributed by atoms with Crippen LogP contribution in [0, 0.1) is 11.7 Å². The number of benzene rings is 2. The number of nitrogens with zero attached hydrogens (tertiary/aromatic N) is 1. The van der Waals surface area contributed by atoms with Crippen molar-refractivity contribution in [2.75, 3.05) is 40.0 Å². The number of rotatable bonds is 9. The molecule has 1 saturated heterocycles. The molecule has 0 saturated carbocycles. The third kappa shape index (κ3) is 6.76. The Kier molecular flexibility index (Phi) is 8.79. The maximum Gasteiger partial charge on any atom is 0.251 e. The molecule has 2 aromatic carbocycles. The predicted molar refractivity (Wildman–Crippen MR) is 124 cm³/mol. The molecule has 0 spiro atoms. The van der Waals surface area contributed by atoms with Gasteiger partial charge in [0.2, 0.25) is 5.91 Å². The summed E-state index contributed by atoms with van der Waals surface area (Å²) >= 11 is 0. The molecule has 1 aliphatic rings. The van der Waals surface area contributed by atoms with Gasteiger partial charge >= 0.3 is 0 Å².